The summed E-state index contributed by atoms with van der Waals surface area (Å²) >= 11 is 0. The summed E-state index contributed by atoms with van der Waals surface area (Å²) in [4.78, 5) is 15.7. The Morgan fingerprint density at radius 1 is 1.42 bits per heavy atom. The largest absolute Gasteiger partial charge is 0.508 e. The Hall–Kier alpha value is -2.23. The molecule has 0 fully saturated rings. The monoisotopic (exact) mass is 326 g/mol. The molecule has 1 aliphatic carbocycles. The van der Waals surface area contributed by atoms with Gasteiger partial charge in [-0.2, -0.15) is 0 Å². The molecule has 1 amide bonds. The summed E-state index contributed by atoms with van der Waals surface area (Å²) in [6.07, 6.45) is 7.49. The Labute approximate surface area is 143 Å². The summed E-state index contributed by atoms with van der Waals surface area (Å²) in [5.74, 6) is 0.257. The summed E-state index contributed by atoms with van der Waals surface area (Å²) < 4.78 is 0. The molecular formula is C20H26N2O2. The van der Waals surface area contributed by atoms with Crippen molar-refractivity contribution in [3.05, 3.63) is 41.6 Å². The van der Waals surface area contributed by atoms with Crippen molar-refractivity contribution < 1.29 is 9.90 Å². The number of phenols is 1. The van der Waals surface area contributed by atoms with E-state index in [0.29, 0.717) is 6.42 Å². The molecule has 0 radical (unpaired) electrons. The lowest BCUT2D eigenvalue weighted by atomic mass is 9.80. The van der Waals surface area contributed by atoms with Crippen LogP contribution in [0.4, 0.5) is 0 Å². The molecular weight excluding hydrogens is 300 g/mol. The van der Waals surface area contributed by atoms with Gasteiger partial charge >= 0.3 is 0 Å². The second kappa shape index (κ2) is 6.34. The number of carbonyl (C=O) groups is 1. The number of hydrogen-bond acceptors (Lipinski definition) is 2. The van der Waals surface area contributed by atoms with Crippen molar-refractivity contribution in [1.82, 2.24) is 10.3 Å². The number of phenolic OH excluding ortho intramolecular Hbond substituents is 1. The highest BCUT2D eigenvalue weighted by Gasteiger charge is 2.31. The first kappa shape index (κ1) is 16.6. The number of aromatic amines is 1. The van der Waals surface area contributed by atoms with Gasteiger partial charge in [0.15, 0.2) is 0 Å². The van der Waals surface area contributed by atoms with E-state index in [1.807, 2.05) is 12.3 Å². The van der Waals surface area contributed by atoms with Crippen molar-refractivity contribution in [2.24, 2.45) is 5.41 Å². The van der Waals surface area contributed by atoms with E-state index in [1.165, 1.54) is 5.57 Å². The Bertz CT molecular complexity index is 786. The van der Waals surface area contributed by atoms with Gasteiger partial charge in [0.1, 0.15) is 5.75 Å². The Morgan fingerprint density at radius 3 is 3.00 bits per heavy atom. The van der Waals surface area contributed by atoms with Gasteiger partial charge in [0.25, 0.3) is 0 Å². The van der Waals surface area contributed by atoms with Gasteiger partial charge < -0.3 is 15.4 Å². The number of H-pyrrole nitrogens is 1. The van der Waals surface area contributed by atoms with E-state index in [2.05, 4.69) is 37.1 Å². The Kier molecular flexibility index (Phi) is 4.39. The first-order chi connectivity index (χ1) is 11.3. The van der Waals surface area contributed by atoms with Crippen molar-refractivity contribution in [1.29, 1.82) is 0 Å². The number of allylic oxidation sites excluding steroid dienone is 2. The summed E-state index contributed by atoms with van der Waals surface area (Å²) in [6.45, 7) is 6.60. The average molecular weight is 326 g/mol. The first-order valence-electron chi connectivity index (χ1n) is 8.59. The molecule has 1 heterocycles. The maximum atomic E-state index is 12.6. The van der Waals surface area contributed by atoms with Crippen LogP contribution >= 0.6 is 0 Å². The fourth-order valence-corrected chi connectivity index (χ4v) is 3.44. The molecule has 1 aromatic heterocycles. The van der Waals surface area contributed by atoms with Crippen molar-refractivity contribution in [2.75, 3.05) is 0 Å². The zero-order chi connectivity index (χ0) is 17.3. The van der Waals surface area contributed by atoms with Gasteiger partial charge in [-0.1, -0.05) is 25.5 Å². The number of fused-ring (bicyclic) bond motifs is 1. The highest BCUT2D eigenvalue weighted by molar-refractivity contribution is 5.89. The fraction of sp³-hybridized carbons (Fsp3) is 0.450. The van der Waals surface area contributed by atoms with E-state index in [9.17, 15) is 9.90 Å². The summed E-state index contributed by atoms with van der Waals surface area (Å²) in [7, 11) is 0. The van der Waals surface area contributed by atoms with Crippen LogP contribution in [0.3, 0.4) is 0 Å². The second-order valence-corrected chi connectivity index (χ2v) is 7.62. The van der Waals surface area contributed by atoms with Gasteiger partial charge in [-0.3, -0.25) is 4.79 Å². The van der Waals surface area contributed by atoms with Crippen LogP contribution in [0.2, 0.25) is 0 Å². The predicted octanol–water partition coefficient (Wildman–Crippen LogP) is 4.06. The molecule has 2 aromatic rings. The molecule has 0 spiro atoms. The fourth-order valence-electron chi connectivity index (χ4n) is 3.44. The van der Waals surface area contributed by atoms with E-state index in [4.69, 9.17) is 0 Å². The number of amides is 1. The topological polar surface area (TPSA) is 65.1 Å². The minimum atomic E-state index is 0.0388. The molecule has 3 rings (SSSR count). The molecule has 0 bridgehead atoms. The normalized spacial score (nSPS) is 20.5. The van der Waals surface area contributed by atoms with Crippen molar-refractivity contribution >= 4 is 16.8 Å². The Morgan fingerprint density at radius 2 is 2.21 bits per heavy atom. The zero-order valence-corrected chi connectivity index (χ0v) is 14.6. The predicted molar refractivity (Wildman–Crippen MR) is 97.0 cm³/mol. The minimum absolute atomic E-state index is 0.0388. The third-order valence-electron chi connectivity index (χ3n) is 5.18. The van der Waals surface area contributed by atoms with Crippen LogP contribution < -0.4 is 5.32 Å². The van der Waals surface area contributed by atoms with Crippen LogP contribution in [-0.2, 0) is 11.2 Å². The molecule has 4 nitrogen and oxygen atoms in total. The second-order valence-electron chi connectivity index (χ2n) is 7.62. The molecule has 4 heteroatoms. The molecule has 1 unspecified atom stereocenters. The van der Waals surface area contributed by atoms with Gasteiger partial charge in [-0.25, -0.2) is 0 Å². The smallest absolute Gasteiger partial charge is 0.224 e. The molecule has 24 heavy (non-hydrogen) atoms. The number of aromatic nitrogens is 1. The van der Waals surface area contributed by atoms with Crippen molar-refractivity contribution in [3.8, 4) is 5.75 Å². The molecule has 128 valence electrons. The van der Waals surface area contributed by atoms with E-state index < -0.39 is 0 Å². The number of nitrogens with one attached hydrogen (secondary N) is 2. The van der Waals surface area contributed by atoms with Crippen molar-refractivity contribution in [3.63, 3.8) is 0 Å². The van der Waals surface area contributed by atoms with Crippen LogP contribution in [0.15, 0.2) is 36.0 Å². The van der Waals surface area contributed by atoms with Gasteiger partial charge in [-0.05, 0) is 55.4 Å². The lowest BCUT2D eigenvalue weighted by Crippen LogP contribution is -2.45. The van der Waals surface area contributed by atoms with Gasteiger partial charge in [0.05, 0.1) is 6.42 Å². The summed E-state index contributed by atoms with van der Waals surface area (Å²) in [6, 6.07) is 5.36. The van der Waals surface area contributed by atoms with Crippen LogP contribution in [0.5, 0.6) is 5.75 Å². The third-order valence-corrected chi connectivity index (χ3v) is 5.18. The maximum Gasteiger partial charge on any atom is 0.224 e. The highest BCUT2D eigenvalue weighted by Crippen LogP contribution is 2.33. The lowest BCUT2D eigenvalue weighted by Gasteiger charge is -2.33. The number of benzene rings is 1. The van der Waals surface area contributed by atoms with E-state index in [-0.39, 0.29) is 23.1 Å². The van der Waals surface area contributed by atoms with E-state index >= 15 is 0 Å². The van der Waals surface area contributed by atoms with Crippen LogP contribution in [0.1, 0.15) is 45.6 Å². The van der Waals surface area contributed by atoms with Crippen LogP contribution in [0.25, 0.3) is 10.9 Å². The summed E-state index contributed by atoms with van der Waals surface area (Å²) in [5, 5.41) is 13.8. The first-order valence-corrected chi connectivity index (χ1v) is 8.59. The van der Waals surface area contributed by atoms with Gasteiger partial charge in [0.2, 0.25) is 5.91 Å². The third kappa shape index (κ3) is 3.48. The number of aromatic hydroxyl groups is 1. The van der Waals surface area contributed by atoms with Crippen molar-refractivity contribution in [2.45, 2.75) is 52.5 Å². The number of hydrogen-bond donors (Lipinski definition) is 3. The highest BCUT2D eigenvalue weighted by atomic mass is 16.3. The van der Waals surface area contributed by atoms with Gasteiger partial charge in [0, 0.05) is 23.1 Å². The lowest BCUT2D eigenvalue weighted by molar-refractivity contribution is -0.122. The molecule has 0 saturated carbocycles. The van der Waals surface area contributed by atoms with Crippen LogP contribution in [-0.4, -0.2) is 22.0 Å². The number of rotatable bonds is 3. The maximum absolute atomic E-state index is 12.6. The molecule has 1 aliphatic rings. The molecule has 3 N–H and O–H groups in total. The molecule has 1 atom stereocenters. The molecule has 0 saturated heterocycles. The Balaban J connectivity index is 1.72. The average Bonchev–Trinajstić information content (AvgIpc) is 2.85. The number of carbonyl (C=O) groups excluding carboxylic acids is 1. The van der Waals surface area contributed by atoms with E-state index in [1.54, 1.807) is 12.1 Å². The zero-order valence-electron chi connectivity index (χ0n) is 14.6. The minimum Gasteiger partial charge on any atom is -0.508 e. The van der Waals surface area contributed by atoms with Crippen LogP contribution in [0, 0.1) is 5.41 Å². The summed E-state index contributed by atoms with van der Waals surface area (Å²) in [5.41, 5.74) is 3.32. The molecule has 1 aromatic carbocycles. The SMILES string of the molecule is CC1=CCC(C)(C)C(NC(=O)Cc2c[nH]c3ccc(O)cc23)CC1. The quantitative estimate of drug-likeness (QED) is 0.745. The van der Waals surface area contributed by atoms with Gasteiger partial charge in [-0.15, -0.1) is 0 Å². The molecule has 0 aliphatic heterocycles. The van der Waals surface area contributed by atoms with E-state index in [0.717, 1.165) is 35.7 Å². The standard InChI is InChI=1S/C20H26N2O2/c1-13-4-7-18(20(2,3)9-8-13)22-19(24)10-14-12-21-17-6-5-15(23)11-16(14)17/h5-6,8,11-12,18,21,23H,4,7,9-10H2,1-3H3,(H,22,24).